The smallest absolute Gasteiger partial charge is 0.161 e. The molecule has 4 heteroatoms. The van der Waals surface area contributed by atoms with Gasteiger partial charge < -0.3 is 15.2 Å². The molecular formula is C13H22ClNO2. The van der Waals surface area contributed by atoms with Crippen LogP contribution in [0.25, 0.3) is 0 Å². The summed E-state index contributed by atoms with van der Waals surface area (Å²) in [4.78, 5) is 0. The fourth-order valence-corrected chi connectivity index (χ4v) is 1.67. The van der Waals surface area contributed by atoms with E-state index in [-0.39, 0.29) is 18.4 Å². The summed E-state index contributed by atoms with van der Waals surface area (Å²) in [6.07, 6.45) is 2.06. The van der Waals surface area contributed by atoms with Crippen molar-refractivity contribution in [2.45, 2.75) is 32.7 Å². The second-order valence-electron chi connectivity index (χ2n) is 3.74. The van der Waals surface area contributed by atoms with Crippen molar-refractivity contribution in [3.05, 3.63) is 23.8 Å². The zero-order valence-corrected chi connectivity index (χ0v) is 11.5. The minimum Gasteiger partial charge on any atom is -0.493 e. The lowest BCUT2D eigenvalue weighted by Gasteiger charge is -2.15. The highest BCUT2D eigenvalue weighted by atomic mass is 35.5. The lowest BCUT2D eigenvalue weighted by atomic mass is 10.0. The first kappa shape index (κ1) is 16.1. The van der Waals surface area contributed by atoms with Crippen LogP contribution in [-0.2, 0) is 0 Å². The molecule has 0 radical (unpaired) electrons. The molecule has 17 heavy (non-hydrogen) atoms. The first-order valence-corrected chi connectivity index (χ1v) is 5.79. The van der Waals surface area contributed by atoms with Gasteiger partial charge in [0, 0.05) is 6.04 Å². The van der Waals surface area contributed by atoms with Gasteiger partial charge in [0.2, 0.25) is 0 Å². The summed E-state index contributed by atoms with van der Waals surface area (Å²) < 4.78 is 10.7. The Morgan fingerprint density at radius 2 is 1.94 bits per heavy atom. The summed E-state index contributed by atoms with van der Waals surface area (Å²) in [6.45, 7) is 4.72. The van der Waals surface area contributed by atoms with Crippen LogP contribution in [0, 0.1) is 0 Å². The molecule has 0 aromatic heterocycles. The summed E-state index contributed by atoms with van der Waals surface area (Å²) in [6, 6.07) is 5.97. The van der Waals surface area contributed by atoms with E-state index in [0.29, 0.717) is 6.61 Å². The summed E-state index contributed by atoms with van der Waals surface area (Å²) >= 11 is 0. The first-order chi connectivity index (χ1) is 7.72. The number of rotatable bonds is 6. The van der Waals surface area contributed by atoms with Crippen LogP contribution < -0.4 is 15.2 Å². The minimum atomic E-state index is 0. The van der Waals surface area contributed by atoms with Gasteiger partial charge in [-0.3, -0.25) is 0 Å². The van der Waals surface area contributed by atoms with E-state index >= 15 is 0 Å². The van der Waals surface area contributed by atoms with E-state index in [2.05, 4.69) is 6.92 Å². The van der Waals surface area contributed by atoms with Crippen LogP contribution in [0.5, 0.6) is 11.5 Å². The van der Waals surface area contributed by atoms with Gasteiger partial charge in [-0.05, 0) is 31.0 Å². The fourth-order valence-electron chi connectivity index (χ4n) is 1.67. The molecule has 1 rings (SSSR count). The van der Waals surface area contributed by atoms with Gasteiger partial charge in [0.1, 0.15) is 0 Å². The van der Waals surface area contributed by atoms with Crippen molar-refractivity contribution in [1.82, 2.24) is 0 Å². The molecule has 0 saturated carbocycles. The van der Waals surface area contributed by atoms with E-state index in [1.807, 2.05) is 25.1 Å². The number of benzene rings is 1. The van der Waals surface area contributed by atoms with Crippen molar-refractivity contribution in [3.8, 4) is 11.5 Å². The summed E-state index contributed by atoms with van der Waals surface area (Å²) in [7, 11) is 1.64. The van der Waals surface area contributed by atoms with E-state index in [4.69, 9.17) is 15.2 Å². The van der Waals surface area contributed by atoms with Gasteiger partial charge in [0.05, 0.1) is 13.7 Å². The zero-order chi connectivity index (χ0) is 12.0. The average Bonchev–Trinajstić information content (AvgIpc) is 2.29. The molecule has 1 atom stereocenters. The van der Waals surface area contributed by atoms with E-state index in [9.17, 15) is 0 Å². The van der Waals surface area contributed by atoms with E-state index < -0.39 is 0 Å². The average molecular weight is 260 g/mol. The molecular weight excluding hydrogens is 238 g/mol. The van der Waals surface area contributed by atoms with E-state index in [0.717, 1.165) is 29.9 Å². The number of hydrogen-bond acceptors (Lipinski definition) is 3. The second kappa shape index (κ2) is 8.20. The van der Waals surface area contributed by atoms with E-state index in [1.165, 1.54) is 0 Å². The van der Waals surface area contributed by atoms with Gasteiger partial charge in [-0.2, -0.15) is 0 Å². The fraction of sp³-hybridized carbons (Fsp3) is 0.538. The van der Waals surface area contributed by atoms with Crippen molar-refractivity contribution >= 4 is 12.4 Å². The van der Waals surface area contributed by atoms with Crippen molar-refractivity contribution < 1.29 is 9.47 Å². The van der Waals surface area contributed by atoms with E-state index in [1.54, 1.807) is 7.11 Å². The number of methoxy groups -OCH3 is 1. The van der Waals surface area contributed by atoms with Gasteiger partial charge >= 0.3 is 0 Å². The highest BCUT2D eigenvalue weighted by Gasteiger charge is 2.09. The topological polar surface area (TPSA) is 44.5 Å². The molecule has 3 nitrogen and oxygen atoms in total. The molecule has 1 aromatic rings. The van der Waals surface area contributed by atoms with Crippen LogP contribution in [0.15, 0.2) is 18.2 Å². The van der Waals surface area contributed by atoms with Gasteiger partial charge in [0.25, 0.3) is 0 Å². The molecule has 0 unspecified atom stereocenters. The largest absolute Gasteiger partial charge is 0.493 e. The molecule has 0 aliphatic carbocycles. The predicted octanol–water partition coefficient (Wildman–Crippen LogP) is 3.32. The van der Waals surface area contributed by atoms with Crippen molar-refractivity contribution in [3.63, 3.8) is 0 Å². The Morgan fingerprint density at radius 3 is 2.47 bits per heavy atom. The third-order valence-corrected chi connectivity index (χ3v) is 2.52. The van der Waals surface area contributed by atoms with Gasteiger partial charge in [-0.1, -0.05) is 19.4 Å². The number of halogens is 1. The monoisotopic (exact) mass is 259 g/mol. The second-order valence-corrected chi connectivity index (χ2v) is 3.74. The molecule has 0 heterocycles. The van der Waals surface area contributed by atoms with Crippen LogP contribution >= 0.6 is 12.4 Å². The Morgan fingerprint density at radius 1 is 1.24 bits per heavy atom. The SMILES string of the molecule is CCC[C@@H](N)c1ccc(OC)c(OCC)c1.Cl. The summed E-state index contributed by atoms with van der Waals surface area (Å²) in [5, 5.41) is 0. The first-order valence-electron chi connectivity index (χ1n) is 5.79. The number of hydrogen-bond donors (Lipinski definition) is 1. The van der Waals surface area contributed by atoms with Gasteiger partial charge in [-0.15, -0.1) is 12.4 Å². The van der Waals surface area contributed by atoms with Crippen molar-refractivity contribution in [2.75, 3.05) is 13.7 Å². The maximum absolute atomic E-state index is 6.07. The molecule has 0 aliphatic rings. The molecule has 98 valence electrons. The molecule has 2 N–H and O–H groups in total. The lowest BCUT2D eigenvalue weighted by Crippen LogP contribution is -2.10. The third kappa shape index (κ3) is 4.44. The maximum Gasteiger partial charge on any atom is 0.161 e. The Balaban J connectivity index is 0.00000256. The predicted molar refractivity (Wildman–Crippen MR) is 73.2 cm³/mol. The Bertz CT molecular complexity index is 331. The van der Waals surface area contributed by atoms with Gasteiger partial charge in [-0.25, -0.2) is 0 Å². The molecule has 0 fully saturated rings. The quantitative estimate of drug-likeness (QED) is 0.852. The molecule has 1 aromatic carbocycles. The van der Waals surface area contributed by atoms with Crippen LogP contribution in [0.2, 0.25) is 0 Å². The normalized spacial score (nSPS) is 11.5. The standard InChI is InChI=1S/C13H21NO2.ClH/c1-4-6-11(14)10-7-8-12(15-3)13(9-10)16-5-2;/h7-9,11H,4-6,14H2,1-3H3;1H/t11-;/m1./s1. The van der Waals surface area contributed by atoms with Crippen LogP contribution in [0.4, 0.5) is 0 Å². The molecule has 0 saturated heterocycles. The van der Waals surface area contributed by atoms with Crippen LogP contribution in [0.3, 0.4) is 0 Å². The number of ether oxygens (including phenoxy) is 2. The highest BCUT2D eigenvalue weighted by Crippen LogP contribution is 2.30. The Kier molecular flexibility index (Phi) is 7.75. The highest BCUT2D eigenvalue weighted by molar-refractivity contribution is 5.85. The van der Waals surface area contributed by atoms with Crippen LogP contribution in [-0.4, -0.2) is 13.7 Å². The van der Waals surface area contributed by atoms with Gasteiger partial charge in [0.15, 0.2) is 11.5 Å². The summed E-state index contributed by atoms with van der Waals surface area (Å²) in [5.41, 5.74) is 7.17. The third-order valence-electron chi connectivity index (χ3n) is 2.52. The minimum absolute atomic E-state index is 0. The molecule has 0 amide bonds. The Hall–Kier alpha value is -0.930. The molecule has 0 aliphatic heterocycles. The zero-order valence-electron chi connectivity index (χ0n) is 10.7. The van der Waals surface area contributed by atoms with Crippen molar-refractivity contribution in [2.24, 2.45) is 5.73 Å². The van der Waals surface area contributed by atoms with Crippen LogP contribution in [0.1, 0.15) is 38.3 Å². The number of nitrogens with two attached hydrogens (primary N) is 1. The van der Waals surface area contributed by atoms with Crippen molar-refractivity contribution in [1.29, 1.82) is 0 Å². The summed E-state index contributed by atoms with van der Waals surface area (Å²) in [5.74, 6) is 1.53. The molecule has 0 spiro atoms. The maximum atomic E-state index is 6.07. The lowest BCUT2D eigenvalue weighted by molar-refractivity contribution is 0.310. The Labute approximate surface area is 110 Å². The molecule has 0 bridgehead atoms.